The van der Waals surface area contributed by atoms with Crippen LogP contribution < -0.4 is 9.47 Å². The summed E-state index contributed by atoms with van der Waals surface area (Å²) in [5.74, 6) is 0.867. The van der Waals surface area contributed by atoms with Crippen molar-refractivity contribution in [3.05, 3.63) is 59.4 Å². The molecule has 1 unspecified atom stereocenters. The predicted molar refractivity (Wildman–Crippen MR) is 112 cm³/mol. The van der Waals surface area contributed by atoms with Gasteiger partial charge < -0.3 is 14.6 Å². The lowest BCUT2D eigenvalue weighted by Crippen LogP contribution is -2.52. The van der Waals surface area contributed by atoms with Gasteiger partial charge in [-0.1, -0.05) is 24.3 Å². The molecule has 2 aromatic carbocycles. The van der Waals surface area contributed by atoms with Crippen molar-refractivity contribution in [1.82, 2.24) is 9.80 Å². The van der Waals surface area contributed by atoms with Crippen molar-refractivity contribution in [3.63, 3.8) is 0 Å². The third kappa shape index (κ3) is 5.69. The van der Waals surface area contributed by atoms with Crippen LogP contribution in [0.25, 0.3) is 0 Å². The molecule has 0 radical (unpaired) electrons. The number of halogens is 1. The number of hydrogen-bond acceptors (Lipinski definition) is 5. The summed E-state index contributed by atoms with van der Waals surface area (Å²) < 4.78 is 24.6. The van der Waals surface area contributed by atoms with E-state index in [1.54, 1.807) is 6.07 Å². The Balaban J connectivity index is 1.66. The van der Waals surface area contributed by atoms with Gasteiger partial charge in [0.25, 0.3) is 0 Å². The number of rotatable bonds is 9. The van der Waals surface area contributed by atoms with Gasteiger partial charge in [0, 0.05) is 50.9 Å². The maximum atomic E-state index is 13.7. The Hall–Kier alpha value is -2.15. The monoisotopic (exact) mass is 402 g/mol. The Labute approximate surface area is 172 Å². The summed E-state index contributed by atoms with van der Waals surface area (Å²) in [7, 11) is 1.48. The van der Waals surface area contributed by atoms with Gasteiger partial charge in [0.15, 0.2) is 11.6 Å². The van der Waals surface area contributed by atoms with Crippen molar-refractivity contribution in [2.24, 2.45) is 0 Å². The quantitative estimate of drug-likeness (QED) is 0.697. The average Bonchev–Trinajstić information content (AvgIpc) is 2.73. The molecule has 1 aliphatic rings. The highest BCUT2D eigenvalue weighted by molar-refractivity contribution is 5.33. The van der Waals surface area contributed by atoms with Crippen LogP contribution in [0, 0.1) is 5.82 Å². The van der Waals surface area contributed by atoms with Gasteiger partial charge in [-0.15, -0.1) is 0 Å². The van der Waals surface area contributed by atoms with Gasteiger partial charge in [0.1, 0.15) is 5.75 Å². The van der Waals surface area contributed by atoms with E-state index in [0.29, 0.717) is 6.61 Å². The summed E-state index contributed by atoms with van der Waals surface area (Å²) in [6.45, 7) is 7.02. The van der Waals surface area contributed by atoms with E-state index in [-0.39, 0.29) is 24.2 Å². The molecular weight excluding hydrogens is 371 g/mol. The zero-order valence-electron chi connectivity index (χ0n) is 17.3. The lowest BCUT2D eigenvalue weighted by atomic mass is 10.1. The second kappa shape index (κ2) is 10.6. The summed E-state index contributed by atoms with van der Waals surface area (Å²) in [5.41, 5.74) is 2.20. The number of nitrogens with zero attached hydrogens (tertiary/aromatic N) is 2. The summed E-state index contributed by atoms with van der Waals surface area (Å²) in [5, 5.41) is 9.59. The molecular formula is C23H31FN2O3. The Morgan fingerprint density at radius 3 is 2.69 bits per heavy atom. The molecule has 0 aromatic heterocycles. The van der Waals surface area contributed by atoms with Crippen LogP contribution in [0.3, 0.4) is 0 Å². The summed E-state index contributed by atoms with van der Waals surface area (Å²) in [6, 6.07) is 13.4. The van der Waals surface area contributed by atoms with Gasteiger partial charge in [0.2, 0.25) is 0 Å². The second-order valence-corrected chi connectivity index (χ2v) is 7.38. The van der Waals surface area contributed by atoms with Gasteiger partial charge in [0.05, 0.1) is 13.7 Å². The van der Waals surface area contributed by atoms with Gasteiger partial charge >= 0.3 is 0 Å². The molecule has 2 aromatic rings. The fourth-order valence-electron chi connectivity index (χ4n) is 3.94. The number of para-hydroxylation sites is 1. The van der Waals surface area contributed by atoms with Crippen LogP contribution in [0.2, 0.25) is 0 Å². The average molecular weight is 403 g/mol. The van der Waals surface area contributed by atoms with Crippen LogP contribution >= 0.6 is 0 Å². The largest absolute Gasteiger partial charge is 0.494 e. The predicted octanol–water partition coefficient (Wildman–Crippen LogP) is 3.30. The number of aliphatic hydroxyl groups is 1. The Morgan fingerprint density at radius 2 is 1.93 bits per heavy atom. The summed E-state index contributed by atoms with van der Waals surface area (Å²) >= 11 is 0. The molecule has 6 heteroatoms. The molecule has 158 valence electrons. The summed E-state index contributed by atoms with van der Waals surface area (Å²) in [6.07, 6.45) is 0.722. The molecule has 1 fully saturated rings. The molecule has 1 saturated heterocycles. The highest BCUT2D eigenvalue weighted by atomic mass is 19.1. The van der Waals surface area contributed by atoms with E-state index in [4.69, 9.17) is 9.47 Å². The minimum absolute atomic E-state index is 0.159. The molecule has 1 N–H and O–H groups in total. The van der Waals surface area contributed by atoms with Crippen LogP contribution in [0.15, 0.2) is 42.5 Å². The number of ether oxygens (including phenoxy) is 2. The molecule has 0 spiro atoms. The molecule has 1 atom stereocenters. The molecule has 5 nitrogen and oxygen atoms in total. The van der Waals surface area contributed by atoms with Crippen LogP contribution in [-0.2, 0) is 13.1 Å². The third-order valence-corrected chi connectivity index (χ3v) is 5.42. The molecule has 1 aliphatic heterocycles. The zero-order chi connectivity index (χ0) is 20.6. The van der Waals surface area contributed by atoms with Gasteiger partial charge in [-0.2, -0.15) is 0 Å². The first-order chi connectivity index (χ1) is 14.1. The molecule has 29 heavy (non-hydrogen) atoms. The second-order valence-electron chi connectivity index (χ2n) is 7.38. The van der Waals surface area contributed by atoms with E-state index in [2.05, 4.69) is 15.9 Å². The summed E-state index contributed by atoms with van der Waals surface area (Å²) in [4.78, 5) is 4.79. The van der Waals surface area contributed by atoms with E-state index in [1.165, 1.54) is 18.7 Å². The van der Waals surface area contributed by atoms with Gasteiger partial charge in [-0.05, 0) is 37.1 Å². The molecule has 0 aliphatic carbocycles. The molecule has 0 amide bonds. The number of methoxy groups -OCH3 is 1. The SMILES string of the molecule is CCOc1ccccc1CN1CCN(Cc2ccc(F)c(OC)c2)CC1CCO. The molecule has 3 rings (SSSR count). The number of piperazine rings is 1. The minimum atomic E-state index is -0.341. The van der Waals surface area contributed by atoms with Crippen molar-refractivity contribution in [2.45, 2.75) is 32.5 Å². The van der Waals surface area contributed by atoms with Gasteiger partial charge in [-0.3, -0.25) is 9.80 Å². The lowest BCUT2D eigenvalue weighted by Gasteiger charge is -2.41. The van der Waals surface area contributed by atoms with E-state index < -0.39 is 0 Å². The van der Waals surface area contributed by atoms with Crippen LogP contribution in [-0.4, -0.2) is 60.9 Å². The van der Waals surface area contributed by atoms with Crippen molar-refractivity contribution < 1.29 is 19.0 Å². The number of benzene rings is 2. The smallest absolute Gasteiger partial charge is 0.165 e. The number of aliphatic hydroxyl groups excluding tert-OH is 1. The van der Waals surface area contributed by atoms with Crippen molar-refractivity contribution in [1.29, 1.82) is 0 Å². The van der Waals surface area contributed by atoms with E-state index in [1.807, 2.05) is 31.2 Å². The minimum Gasteiger partial charge on any atom is -0.494 e. The fraction of sp³-hybridized carbons (Fsp3) is 0.478. The van der Waals surface area contributed by atoms with Crippen molar-refractivity contribution >= 4 is 0 Å². The van der Waals surface area contributed by atoms with E-state index in [9.17, 15) is 9.50 Å². The normalized spacial score (nSPS) is 18.0. The molecule has 0 saturated carbocycles. The first-order valence-electron chi connectivity index (χ1n) is 10.2. The number of hydrogen-bond donors (Lipinski definition) is 1. The van der Waals surface area contributed by atoms with E-state index >= 15 is 0 Å². The maximum Gasteiger partial charge on any atom is 0.165 e. The molecule has 0 bridgehead atoms. The highest BCUT2D eigenvalue weighted by Crippen LogP contribution is 2.25. The Morgan fingerprint density at radius 1 is 1.10 bits per heavy atom. The highest BCUT2D eigenvalue weighted by Gasteiger charge is 2.27. The van der Waals surface area contributed by atoms with Crippen LogP contribution in [0.1, 0.15) is 24.5 Å². The standard InChI is InChI=1S/C23H31FN2O3/c1-3-29-22-7-5-4-6-19(22)16-26-12-11-25(17-20(26)10-13-27)15-18-8-9-21(24)23(14-18)28-2/h4-9,14,20,27H,3,10-13,15-17H2,1-2H3. The topological polar surface area (TPSA) is 45.2 Å². The van der Waals surface area contributed by atoms with Crippen molar-refractivity contribution in [3.8, 4) is 11.5 Å². The van der Waals surface area contributed by atoms with E-state index in [0.717, 1.165) is 50.5 Å². The van der Waals surface area contributed by atoms with Crippen molar-refractivity contribution in [2.75, 3.05) is 40.0 Å². The van der Waals surface area contributed by atoms with Crippen LogP contribution in [0.4, 0.5) is 4.39 Å². The maximum absolute atomic E-state index is 13.7. The molecule has 1 heterocycles. The Bertz CT molecular complexity index is 786. The third-order valence-electron chi connectivity index (χ3n) is 5.42. The fourth-order valence-corrected chi connectivity index (χ4v) is 3.94. The zero-order valence-corrected chi connectivity index (χ0v) is 17.3. The first kappa shape index (κ1) is 21.6. The first-order valence-corrected chi connectivity index (χ1v) is 10.2. The van der Waals surface area contributed by atoms with Crippen LogP contribution in [0.5, 0.6) is 11.5 Å². The Kier molecular flexibility index (Phi) is 7.86. The van der Waals surface area contributed by atoms with Gasteiger partial charge in [-0.25, -0.2) is 4.39 Å². The lowest BCUT2D eigenvalue weighted by molar-refractivity contribution is 0.0494.